The van der Waals surface area contributed by atoms with Crippen molar-refractivity contribution in [3.63, 3.8) is 0 Å². The van der Waals surface area contributed by atoms with Gasteiger partial charge in [-0.2, -0.15) is 0 Å². The molecule has 0 saturated carbocycles. The highest BCUT2D eigenvalue weighted by molar-refractivity contribution is 4.71. The van der Waals surface area contributed by atoms with Crippen LogP contribution in [0.15, 0.2) is 0 Å². The number of hydrogen-bond acceptors (Lipinski definition) is 5. The normalized spacial score (nSPS) is 30.2. The number of rotatable bonds is 5. The second-order valence-electron chi connectivity index (χ2n) is 3.48. The molecule has 5 nitrogen and oxygen atoms in total. The summed E-state index contributed by atoms with van der Waals surface area (Å²) in [7, 11) is 0. The van der Waals surface area contributed by atoms with Crippen LogP contribution in [0.5, 0.6) is 0 Å². The lowest BCUT2D eigenvalue weighted by molar-refractivity contribution is 0.102. The summed E-state index contributed by atoms with van der Waals surface area (Å²) >= 11 is 0. The molecule has 0 bridgehead atoms. The predicted molar refractivity (Wildman–Crippen MR) is 49.1 cm³/mol. The lowest BCUT2D eigenvalue weighted by atomic mass is 10.5. The van der Waals surface area contributed by atoms with Crippen LogP contribution in [0.3, 0.4) is 0 Å². The van der Waals surface area contributed by atoms with Crippen LogP contribution in [0.1, 0.15) is 6.92 Å². The average molecular weight is 206 g/mol. The lowest BCUT2D eigenvalue weighted by Gasteiger charge is -1.95. The van der Waals surface area contributed by atoms with E-state index < -0.39 is 6.10 Å². The Kier molecular flexibility index (Phi) is 5.36. The first-order valence-corrected chi connectivity index (χ1v) is 4.82. The Morgan fingerprint density at radius 1 is 1.29 bits per heavy atom. The third kappa shape index (κ3) is 7.23. The van der Waals surface area contributed by atoms with Gasteiger partial charge in [-0.3, -0.25) is 0 Å². The first-order valence-electron chi connectivity index (χ1n) is 4.82. The Bertz CT molecular complexity index is 130. The van der Waals surface area contributed by atoms with E-state index in [1.54, 1.807) is 0 Å². The summed E-state index contributed by atoms with van der Waals surface area (Å²) in [5.41, 5.74) is 0. The van der Waals surface area contributed by atoms with Crippen molar-refractivity contribution in [3.05, 3.63) is 0 Å². The largest absolute Gasteiger partial charge is 0.394 e. The van der Waals surface area contributed by atoms with Crippen molar-refractivity contribution in [1.29, 1.82) is 0 Å². The molecule has 2 saturated heterocycles. The molecular formula is C9H18O5. The predicted octanol–water partition coefficient (Wildman–Crippen LogP) is -0.840. The van der Waals surface area contributed by atoms with Crippen molar-refractivity contribution < 1.29 is 24.4 Å². The molecule has 5 heteroatoms. The van der Waals surface area contributed by atoms with E-state index in [0.717, 1.165) is 26.4 Å². The van der Waals surface area contributed by atoms with Gasteiger partial charge in [-0.15, -0.1) is 0 Å². The molecule has 2 heterocycles. The van der Waals surface area contributed by atoms with Gasteiger partial charge in [-0.05, 0) is 6.92 Å². The van der Waals surface area contributed by atoms with Crippen molar-refractivity contribution in [2.75, 3.05) is 33.0 Å². The monoisotopic (exact) mass is 206 g/mol. The zero-order valence-electron chi connectivity index (χ0n) is 8.39. The Morgan fingerprint density at radius 2 is 1.64 bits per heavy atom. The summed E-state index contributed by atoms with van der Waals surface area (Å²) in [4.78, 5) is 0. The van der Waals surface area contributed by atoms with Gasteiger partial charge in [0.2, 0.25) is 0 Å². The highest BCUT2D eigenvalue weighted by Gasteiger charge is 2.26. The molecule has 84 valence electrons. The number of epoxide rings is 2. The second-order valence-corrected chi connectivity index (χ2v) is 3.48. The molecule has 0 aromatic carbocycles. The summed E-state index contributed by atoms with van der Waals surface area (Å²) in [5, 5.41) is 16.0. The SMILES string of the molecule is C(OCC1CO1)C1CO1.CC(O)CO. The maximum Gasteiger partial charge on any atom is 0.104 e. The highest BCUT2D eigenvalue weighted by Crippen LogP contribution is 2.12. The van der Waals surface area contributed by atoms with Crippen LogP contribution in [0.2, 0.25) is 0 Å². The minimum Gasteiger partial charge on any atom is -0.394 e. The molecule has 2 rings (SSSR count). The molecule has 3 atom stereocenters. The van der Waals surface area contributed by atoms with Crippen molar-refractivity contribution in [3.8, 4) is 0 Å². The molecule has 0 aromatic heterocycles. The summed E-state index contributed by atoms with van der Waals surface area (Å²) in [6.45, 7) is 4.65. The molecule has 3 unspecified atom stereocenters. The van der Waals surface area contributed by atoms with Gasteiger partial charge in [-0.25, -0.2) is 0 Å². The van der Waals surface area contributed by atoms with E-state index >= 15 is 0 Å². The van der Waals surface area contributed by atoms with Gasteiger partial charge < -0.3 is 24.4 Å². The van der Waals surface area contributed by atoms with Crippen LogP contribution in [-0.4, -0.2) is 61.6 Å². The van der Waals surface area contributed by atoms with Gasteiger partial charge in [0.25, 0.3) is 0 Å². The van der Waals surface area contributed by atoms with E-state index in [1.807, 2.05) is 0 Å². The average Bonchev–Trinajstić information content (AvgIpc) is 2.99. The topological polar surface area (TPSA) is 74.8 Å². The summed E-state index contributed by atoms with van der Waals surface area (Å²) < 4.78 is 15.1. The zero-order valence-corrected chi connectivity index (χ0v) is 8.39. The summed E-state index contributed by atoms with van der Waals surface area (Å²) in [6.07, 6.45) is 0.225. The number of aliphatic hydroxyl groups is 2. The molecule has 0 radical (unpaired) electrons. The van der Waals surface area contributed by atoms with Crippen LogP contribution in [-0.2, 0) is 14.2 Å². The van der Waals surface area contributed by atoms with Crippen molar-refractivity contribution in [2.45, 2.75) is 25.2 Å². The molecule has 2 fully saturated rings. The van der Waals surface area contributed by atoms with Gasteiger partial charge in [0.05, 0.1) is 39.1 Å². The van der Waals surface area contributed by atoms with E-state index in [2.05, 4.69) is 0 Å². The minimum atomic E-state index is -0.560. The van der Waals surface area contributed by atoms with Crippen LogP contribution in [0.25, 0.3) is 0 Å². The standard InChI is InChI=1S/C6H10O3.C3H8O2/c1(5-3-8-5)7-2-6-4-9-6;1-3(5)2-4/h5-6H,1-4H2;3-5H,2H2,1H3. The molecule has 0 spiro atoms. The van der Waals surface area contributed by atoms with Gasteiger partial charge >= 0.3 is 0 Å². The van der Waals surface area contributed by atoms with Gasteiger partial charge in [-0.1, -0.05) is 0 Å². The summed E-state index contributed by atoms with van der Waals surface area (Å²) in [6, 6.07) is 0. The Morgan fingerprint density at radius 3 is 1.86 bits per heavy atom. The van der Waals surface area contributed by atoms with E-state index in [-0.39, 0.29) is 6.61 Å². The second kappa shape index (κ2) is 6.31. The fraction of sp³-hybridized carbons (Fsp3) is 1.00. The number of aliphatic hydroxyl groups excluding tert-OH is 2. The fourth-order valence-corrected chi connectivity index (χ4v) is 0.659. The molecule has 2 aliphatic rings. The molecule has 2 N–H and O–H groups in total. The van der Waals surface area contributed by atoms with Crippen molar-refractivity contribution in [1.82, 2.24) is 0 Å². The van der Waals surface area contributed by atoms with E-state index in [1.165, 1.54) is 6.92 Å². The van der Waals surface area contributed by atoms with E-state index in [4.69, 9.17) is 24.4 Å². The molecule has 0 amide bonds. The smallest absolute Gasteiger partial charge is 0.104 e. The maximum absolute atomic E-state index is 8.11. The van der Waals surface area contributed by atoms with Crippen molar-refractivity contribution >= 4 is 0 Å². The lowest BCUT2D eigenvalue weighted by Crippen LogP contribution is -2.06. The molecule has 0 aromatic rings. The number of hydrogen-bond donors (Lipinski definition) is 2. The maximum atomic E-state index is 8.11. The van der Waals surface area contributed by atoms with Crippen LogP contribution in [0.4, 0.5) is 0 Å². The highest BCUT2D eigenvalue weighted by atomic mass is 16.6. The minimum absolute atomic E-state index is 0.139. The third-order valence-electron chi connectivity index (χ3n) is 1.68. The van der Waals surface area contributed by atoms with E-state index in [0.29, 0.717) is 12.2 Å². The Balaban J connectivity index is 0.000000171. The fourth-order valence-electron chi connectivity index (χ4n) is 0.659. The third-order valence-corrected chi connectivity index (χ3v) is 1.68. The molecular weight excluding hydrogens is 188 g/mol. The quantitative estimate of drug-likeness (QED) is 0.574. The van der Waals surface area contributed by atoms with Crippen LogP contribution in [0, 0.1) is 0 Å². The van der Waals surface area contributed by atoms with Gasteiger partial charge in [0, 0.05) is 0 Å². The first kappa shape index (κ1) is 11.9. The van der Waals surface area contributed by atoms with Crippen LogP contribution >= 0.6 is 0 Å². The number of ether oxygens (including phenoxy) is 3. The Hall–Kier alpha value is -0.200. The Labute approximate surface area is 83.6 Å². The zero-order chi connectivity index (χ0) is 10.4. The molecule has 14 heavy (non-hydrogen) atoms. The van der Waals surface area contributed by atoms with Crippen molar-refractivity contribution in [2.24, 2.45) is 0 Å². The first-order chi connectivity index (χ1) is 6.72. The van der Waals surface area contributed by atoms with Gasteiger partial charge in [0.1, 0.15) is 12.2 Å². The molecule has 0 aliphatic carbocycles. The molecule has 2 aliphatic heterocycles. The summed E-state index contributed by atoms with van der Waals surface area (Å²) in [5.74, 6) is 0. The van der Waals surface area contributed by atoms with Crippen LogP contribution < -0.4 is 0 Å². The van der Waals surface area contributed by atoms with Gasteiger partial charge in [0.15, 0.2) is 0 Å². The van der Waals surface area contributed by atoms with E-state index in [9.17, 15) is 0 Å².